The molecule has 0 bridgehead atoms. The van der Waals surface area contributed by atoms with Crippen LogP contribution >= 0.6 is 0 Å². The maximum absolute atomic E-state index is 9.67. The average molecular weight is 475 g/mol. The maximum atomic E-state index is 9.67. The van der Waals surface area contributed by atoms with E-state index in [4.69, 9.17) is 4.42 Å². The fourth-order valence-corrected chi connectivity index (χ4v) is 3.83. The highest BCUT2D eigenvalue weighted by Crippen LogP contribution is 2.31. The van der Waals surface area contributed by atoms with E-state index in [1.807, 2.05) is 30.3 Å². The van der Waals surface area contributed by atoms with Crippen LogP contribution in [-0.2, 0) is 0 Å². The Morgan fingerprint density at radius 1 is 0.629 bits per heavy atom. The molecular weight excluding hydrogens is 453 g/mol. The van der Waals surface area contributed by atoms with Crippen molar-refractivity contribution in [2.24, 2.45) is 0 Å². The highest BCUT2D eigenvalue weighted by molar-refractivity contribution is 6.33. The molecule has 0 amide bonds. The van der Waals surface area contributed by atoms with Crippen LogP contribution in [0.1, 0.15) is 5.56 Å². The number of halogens is 4. The van der Waals surface area contributed by atoms with Crippen LogP contribution in [0.2, 0.25) is 0 Å². The van der Waals surface area contributed by atoms with Crippen molar-refractivity contribution < 1.29 is 22.1 Å². The number of fused-ring (bicyclic) bond motifs is 1. The lowest BCUT2D eigenvalue weighted by atomic mass is 10.0. The summed E-state index contributed by atoms with van der Waals surface area (Å²) < 4.78 is 37.6. The van der Waals surface area contributed by atoms with Gasteiger partial charge in [0.05, 0.1) is 6.07 Å². The zero-order valence-electron chi connectivity index (χ0n) is 18.9. The van der Waals surface area contributed by atoms with Crippen molar-refractivity contribution in [3.63, 3.8) is 0 Å². The fourth-order valence-electron chi connectivity index (χ4n) is 3.83. The number of benzene rings is 4. The average Bonchev–Trinajstić information content (AvgIpc) is 2.85. The van der Waals surface area contributed by atoms with E-state index in [1.165, 1.54) is 5.56 Å². The van der Waals surface area contributed by atoms with Crippen molar-refractivity contribution in [1.29, 1.82) is 0 Å². The first-order valence-corrected chi connectivity index (χ1v) is 10.8. The summed E-state index contributed by atoms with van der Waals surface area (Å²) in [5.41, 5.74) is 5.63. The van der Waals surface area contributed by atoms with E-state index in [9.17, 15) is 12.9 Å². The van der Waals surface area contributed by atoms with Crippen LogP contribution in [0.25, 0.3) is 22.6 Å². The predicted molar refractivity (Wildman–Crippen MR) is 132 cm³/mol. The van der Waals surface area contributed by atoms with Crippen LogP contribution in [0, 0.1) is 6.92 Å². The van der Waals surface area contributed by atoms with Gasteiger partial charge in [-0.1, -0.05) is 66.7 Å². The van der Waals surface area contributed by atoms with Crippen molar-refractivity contribution >= 4 is 18.9 Å². The molecule has 2 aliphatic rings. The van der Waals surface area contributed by atoms with E-state index in [2.05, 4.69) is 96.4 Å². The third-order valence-corrected chi connectivity index (χ3v) is 5.30. The van der Waals surface area contributed by atoms with Gasteiger partial charge in [0.25, 0.3) is 0 Å². The molecule has 2 nitrogen and oxygen atoms in total. The minimum Gasteiger partial charge on any atom is -1.00 e. The summed E-state index contributed by atoms with van der Waals surface area (Å²) in [6.07, 6.45) is 0. The molecule has 0 radical (unpaired) electrons. The van der Waals surface area contributed by atoms with Gasteiger partial charge in [-0.3, -0.25) is 12.9 Å². The highest BCUT2D eigenvalue weighted by Gasteiger charge is 2.17. The van der Waals surface area contributed by atoms with Crippen LogP contribution < -0.4 is 14.6 Å². The first-order valence-electron chi connectivity index (χ1n) is 10.8. The third-order valence-electron chi connectivity index (χ3n) is 5.30. The topological polar surface area (TPSA) is 16.1 Å². The third kappa shape index (κ3) is 6.26. The highest BCUT2D eigenvalue weighted by atomic mass is 19.4. The summed E-state index contributed by atoms with van der Waals surface area (Å²) in [6.45, 7) is 2.14. The molecule has 7 heteroatoms. The lowest BCUT2D eigenvalue weighted by molar-refractivity contribution is -0.0000101. The maximum Gasteiger partial charge on any atom is 0.762 e. The van der Waals surface area contributed by atoms with Gasteiger partial charge >= 0.3 is 7.54 Å². The van der Waals surface area contributed by atoms with Gasteiger partial charge in [0, 0.05) is 41.5 Å². The molecule has 0 N–H and O–H groups in total. The van der Waals surface area contributed by atoms with Gasteiger partial charge in [-0.2, -0.15) is 4.58 Å². The molecule has 176 valence electrons. The normalized spacial score (nSPS) is 10.1. The Morgan fingerprint density at radius 3 is 1.63 bits per heavy atom. The molecule has 3 aromatic carbocycles. The van der Waals surface area contributed by atoms with E-state index < -0.39 is 7.54 Å². The summed E-state index contributed by atoms with van der Waals surface area (Å²) >= 11 is 0. The first kappa shape index (κ1) is 25.5. The van der Waals surface area contributed by atoms with Gasteiger partial charge in [-0.25, -0.2) is 0 Å². The lowest BCUT2D eigenvalue weighted by Crippen LogP contribution is -3.00. The molecule has 35 heavy (non-hydrogen) atoms. The van der Waals surface area contributed by atoms with Gasteiger partial charge < -0.3 is 9.12 Å². The second-order valence-electron chi connectivity index (χ2n) is 7.59. The molecule has 0 fully saturated rings. The second kappa shape index (κ2) is 11.8. The van der Waals surface area contributed by atoms with Gasteiger partial charge in [0.1, 0.15) is 11.5 Å². The Hall–Kier alpha value is -4.13. The van der Waals surface area contributed by atoms with Crippen molar-refractivity contribution in [3.8, 4) is 22.6 Å². The Kier molecular flexibility index (Phi) is 8.62. The zero-order chi connectivity index (χ0) is 23.9. The summed E-state index contributed by atoms with van der Waals surface area (Å²) in [4.78, 5) is 0. The van der Waals surface area contributed by atoms with Crippen LogP contribution in [0.4, 0.5) is 24.3 Å². The van der Waals surface area contributed by atoms with Gasteiger partial charge in [-0.05, 0) is 24.6 Å². The molecule has 1 aliphatic heterocycles. The molecule has 0 spiro atoms. The molecule has 0 saturated carbocycles. The smallest absolute Gasteiger partial charge is 0.762 e. The van der Waals surface area contributed by atoms with Crippen molar-refractivity contribution in [1.82, 2.24) is 4.58 Å². The van der Waals surface area contributed by atoms with Crippen LogP contribution in [0.5, 0.6) is 0 Å². The number of hydrogen-bond acceptors (Lipinski definition) is 1. The van der Waals surface area contributed by atoms with Gasteiger partial charge in [-0.15, -0.1) is 0 Å². The van der Waals surface area contributed by atoms with Crippen LogP contribution in [-0.4, -0.2) is 7.54 Å². The van der Waals surface area contributed by atoms with E-state index >= 15 is 0 Å². The molecule has 0 atom stereocenters. The molecule has 0 saturated heterocycles. The largest absolute Gasteiger partial charge is 1.00 e. The van der Waals surface area contributed by atoms with Crippen LogP contribution in [0.15, 0.2) is 120 Å². The summed E-state index contributed by atoms with van der Waals surface area (Å²) in [5.74, 6) is 1.76. The number of rotatable bonds is 3. The number of aryl methyl sites for hydroxylation is 1. The molecule has 1 heterocycles. The first-order chi connectivity index (χ1) is 16.5. The summed E-state index contributed by atoms with van der Waals surface area (Å²) in [6, 6.07) is 39.6. The fraction of sp³-hybridized carbons (Fsp3) is 0.0357. The van der Waals surface area contributed by atoms with Crippen molar-refractivity contribution in [3.05, 3.63) is 126 Å². The summed E-state index contributed by atoms with van der Waals surface area (Å²) in [5, 5.41) is 1.06. The monoisotopic (exact) mass is 475 g/mol. The Bertz CT molecular complexity index is 1350. The Labute approximate surface area is 201 Å². The van der Waals surface area contributed by atoms with Crippen LogP contribution in [0.3, 0.4) is 0 Å². The SMILES string of the molecule is Cc1cc(-c2ccccc2)oc2cc(=[N+](c3ccccc3)c3ccccc3)ccc1-2.FB(F)F.[F-]. The molecule has 0 aromatic heterocycles. The minimum absolute atomic E-state index is 0. The van der Waals surface area contributed by atoms with E-state index in [1.54, 1.807) is 0 Å². The van der Waals surface area contributed by atoms with Gasteiger partial charge in [0.2, 0.25) is 16.7 Å². The Balaban J connectivity index is 0.000000638. The molecular formula is C28H22BF4NO. The minimum atomic E-state index is -3.67. The number of para-hydroxylation sites is 2. The predicted octanol–water partition coefficient (Wildman–Crippen LogP) is 4.68. The molecule has 5 rings (SSSR count). The van der Waals surface area contributed by atoms with E-state index in [0.717, 1.165) is 39.4 Å². The summed E-state index contributed by atoms with van der Waals surface area (Å²) in [7, 11) is -3.67. The van der Waals surface area contributed by atoms with E-state index in [0.29, 0.717) is 0 Å². The zero-order valence-corrected chi connectivity index (χ0v) is 18.9. The standard InChI is InChI=1S/C28H22NO.BF3.FH/c1-21-19-27(22-11-5-2-6-12-22)30-28-20-25(17-18-26(21)28)29(23-13-7-3-8-14-23)24-15-9-4-10-16-24;2-1(3)4;/h2-20H,1H3;;1H/q+1;;/p-1. The molecule has 3 aromatic rings. The Morgan fingerprint density at radius 2 is 1.11 bits per heavy atom. The number of nitrogens with zero attached hydrogens (tertiary/aromatic N) is 1. The van der Waals surface area contributed by atoms with E-state index in [-0.39, 0.29) is 4.70 Å². The second-order valence-corrected chi connectivity index (χ2v) is 7.59. The molecule has 0 unspecified atom stereocenters. The quantitative estimate of drug-likeness (QED) is 0.210. The van der Waals surface area contributed by atoms with Crippen molar-refractivity contribution in [2.45, 2.75) is 6.92 Å². The number of hydrogen-bond donors (Lipinski definition) is 0. The van der Waals surface area contributed by atoms with Crippen molar-refractivity contribution in [2.75, 3.05) is 0 Å². The van der Waals surface area contributed by atoms with Gasteiger partial charge in [0.15, 0.2) is 0 Å². The molecule has 1 aliphatic carbocycles. The lowest BCUT2D eigenvalue weighted by Gasteiger charge is -2.11.